The van der Waals surface area contributed by atoms with Gasteiger partial charge in [-0.1, -0.05) is 18.2 Å². The Bertz CT molecular complexity index is 526. The first-order valence-corrected chi connectivity index (χ1v) is 8.12. The first kappa shape index (κ1) is 13.1. The molecule has 0 spiro atoms. The fraction of sp³-hybridized carbons (Fsp3) is 0.500. The maximum absolute atomic E-state index is 5.65. The van der Waals surface area contributed by atoms with Gasteiger partial charge in [0.05, 0.1) is 0 Å². The number of hydrogen-bond acceptors (Lipinski definition) is 3. The van der Waals surface area contributed by atoms with E-state index in [1.807, 2.05) is 11.3 Å². The zero-order valence-corrected chi connectivity index (χ0v) is 12.2. The van der Waals surface area contributed by atoms with Crippen molar-refractivity contribution in [2.24, 2.45) is 11.7 Å². The van der Waals surface area contributed by atoms with Crippen LogP contribution in [0, 0.1) is 5.92 Å². The van der Waals surface area contributed by atoms with Gasteiger partial charge < -0.3 is 5.73 Å². The van der Waals surface area contributed by atoms with Crippen LogP contribution in [-0.2, 0) is 6.54 Å². The third-order valence-electron chi connectivity index (χ3n) is 4.24. The first-order chi connectivity index (χ1) is 9.36. The molecule has 3 heteroatoms. The van der Waals surface area contributed by atoms with E-state index in [0.717, 1.165) is 19.0 Å². The Balaban J connectivity index is 1.63. The summed E-state index contributed by atoms with van der Waals surface area (Å²) in [5, 5.41) is 3.77. The first-order valence-electron chi connectivity index (χ1n) is 7.24. The van der Waals surface area contributed by atoms with E-state index in [-0.39, 0.29) is 0 Å². The van der Waals surface area contributed by atoms with E-state index in [4.69, 9.17) is 5.73 Å². The molecule has 3 rings (SSSR count). The molecule has 1 fully saturated rings. The second kappa shape index (κ2) is 6.04. The number of nitrogens with two attached hydrogens (primary N) is 1. The van der Waals surface area contributed by atoms with E-state index >= 15 is 0 Å². The van der Waals surface area contributed by atoms with Gasteiger partial charge in [-0.05, 0) is 67.2 Å². The standard InChI is InChI=1S/C16H22N2S/c17-8-5-13-6-9-18(10-7-13)11-14-12-19-16-4-2-1-3-15(14)16/h1-4,12-13H,5-11,17H2. The highest BCUT2D eigenvalue weighted by atomic mass is 32.1. The molecule has 2 heterocycles. The highest BCUT2D eigenvalue weighted by molar-refractivity contribution is 7.17. The van der Waals surface area contributed by atoms with Crippen LogP contribution in [-0.4, -0.2) is 24.5 Å². The van der Waals surface area contributed by atoms with Crippen LogP contribution in [0.2, 0.25) is 0 Å². The number of rotatable bonds is 4. The summed E-state index contributed by atoms with van der Waals surface area (Å²) >= 11 is 1.87. The summed E-state index contributed by atoms with van der Waals surface area (Å²) in [6, 6.07) is 8.74. The molecular formula is C16H22N2S. The number of hydrogen-bond donors (Lipinski definition) is 1. The van der Waals surface area contributed by atoms with E-state index in [1.165, 1.54) is 48.0 Å². The van der Waals surface area contributed by atoms with Gasteiger partial charge in [0.15, 0.2) is 0 Å². The number of nitrogens with zero attached hydrogens (tertiary/aromatic N) is 1. The normalized spacial score (nSPS) is 18.2. The lowest BCUT2D eigenvalue weighted by Crippen LogP contribution is -2.33. The fourth-order valence-electron chi connectivity index (χ4n) is 3.07. The number of benzene rings is 1. The average Bonchev–Trinajstić information content (AvgIpc) is 2.85. The van der Waals surface area contributed by atoms with Crippen LogP contribution in [0.25, 0.3) is 10.1 Å². The molecule has 2 nitrogen and oxygen atoms in total. The monoisotopic (exact) mass is 274 g/mol. The molecule has 1 aromatic carbocycles. The van der Waals surface area contributed by atoms with E-state index in [2.05, 4.69) is 34.5 Å². The third kappa shape index (κ3) is 2.99. The summed E-state index contributed by atoms with van der Waals surface area (Å²) in [5.74, 6) is 0.862. The van der Waals surface area contributed by atoms with Crippen molar-refractivity contribution in [3.8, 4) is 0 Å². The summed E-state index contributed by atoms with van der Waals surface area (Å²) in [4.78, 5) is 2.60. The maximum Gasteiger partial charge on any atom is 0.0346 e. The minimum Gasteiger partial charge on any atom is -0.330 e. The van der Waals surface area contributed by atoms with Gasteiger partial charge in [0.25, 0.3) is 0 Å². The molecule has 0 amide bonds. The predicted molar refractivity (Wildman–Crippen MR) is 83.5 cm³/mol. The van der Waals surface area contributed by atoms with Crippen molar-refractivity contribution in [3.05, 3.63) is 35.2 Å². The molecule has 0 unspecified atom stereocenters. The van der Waals surface area contributed by atoms with E-state index in [9.17, 15) is 0 Å². The van der Waals surface area contributed by atoms with Crippen LogP contribution >= 0.6 is 11.3 Å². The van der Waals surface area contributed by atoms with Gasteiger partial charge in [-0.15, -0.1) is 11.3 Å². The Morgan fingerprint density at radius 3 is 2.79 bits per heavy atom. The molecule has 1 aliphatic heterocycles. The highest BCUT2D eigenvalue weighted by Gasteiger charge is 2.19. The fourth-order valence-corrected chi connectivity index (χ4v) is 4.02. The minimum absolute atomic E-state index is 0.847. The largest absolute Gasteiger partial charge is 0.330 e. The Kier molecular flexibility index (Phi) is 4.16. The van der Waals surface area contributed by atoms with Crippen LogP contribution in [0.5, 0.6) is 0 Å². The van der Waals surface area contributed by atoms with Crippen molar-refractivity contribution in [3.63, 3.8) is 0 Å². The van der Waals surface area contributed by atoms with Crippen molar-refractivity contribution in [1.82, 2.24) is 4.90 Å². The topological polar surface area (TPSA) is 29.3 Å². The summed E-state index contributed by atoms with van der Waals surface area (Å²) in [6.45, 7) is 4.42. The third-order valence-corrected chi connectivity index (χ3v) is 5.25. The molecule has 19 heavy (non-hydrogen) atoms. The Morgan fingerprint density at radius 1 is 1.21 bits per heavy atom. The summed E-state index contributed by atoms with van der Waals surface area (Å²) < 4.78 is 1.41. The molecule has 0 atom stereocenters. The van der Waals surface area contributed by atoms with E-state index in [0.29, 0.717) is 0 Å². The van der Waals surface area contributed by atoms with Gasteiger partial charge in [-0.2, -0.15) is 0 Å². The van der Waals surface area contributed by atoms with Crippen molar-refractivity contribution in [2.45, 2.75) is 25.8 Å². The van der Waals surface area contributed by atoms with E-state index < -0.39 is 0 Å². The molecule has 1 aliphatic rings. The van der Waals surface area contributed by atoms with E-state index in [1.54, 1.807) is 0 Å². The predicted octanol–water partition coefficient (Wildman–Crippen LogP) is 3.46. The molecule has 2 aromatic rings. The lowest BCUT2D eigenvalue weighted by atomic mass is 9.93. The summed E-state index contributed by atoms with van der Waals surface area (Å²) in [5.41, 5.74) is 7.15. The Morgan fingerprint density at radius 2 is 2.00 bits per heavy atom. The molecule has 2 N–H and O–H groups in total. The molecule has 0 bridgehead atoms. The molecular weight excluding hydrogens is 252 g/mol. The number of fused-ring (bicyclic) bond motifs is 1. The van der Waals surface area contributed by atoms with Crippen molar-refractivity contribution < 1.29 is 0 Å². The van der Waals surface area contributed by atoms with Crippen LogP contribution in [0.1, 0.15) is 24.8 Å². The van der Waals surface area contributed by atoms with Crippen molar-refractivity contribution in [1.29, 1.82) is 0 Å². The second-order valence-electron chi connectivity index (χ2n) is 5.55. The van der Waals surface area contributed by atoms with Gasteiger partial charge in [0, 0.05) is 11.2 Å². The van der Waals surface area contributed by atoms with Crippen molar-refractivity contribution >= 4 is 21.4 Å². The van der Waals surface area contributed by atoms with Gasteiger partial charge >= 0.3 is 0 Å². The number of piperidine rings is 1. The zero-order valence-electron chi connectivity index (χ0n) is 11.3. The van der Waals surface area contributed by atoms with Crippen LogP contribution < -0.4 is 5.73 Å². The summed E-state index contributed by atoms with van der Waals surface area (Å²) in [7, 11) is 0. The molecule has 0 saturated carbocycles. The number of likely N-dealkylation sites (tertiary alicyclic amines) is 1. The molecule has 0 aliphatic carbocycles. The zero-order chi connectivity index (χ0) is 13.1. The van der Waals surface area contributed by atoms with Crippen LogP contribution in [0.3, 0.4) is 0 Å². The molecule has 102 valence electrons. The Hall–Kier alpha value is -0.900. The number of thiophene rings is 1. The Labute approximate surface area is 119 Å². The molecule has 0 radical (unpaired) electrons. The highest BCUT2D eigenvalue weighted by Crippen LogP contribution is 2.28. The molecule has 1 saturated heterocycles. The van der Waals surface area contributed by atoms with Gasteiger partial charge in [-0.3, -0.25) is 4.90 Å². The van der Waals surface area contributed by atoms with Crippen LogP contribution in [0.4, 0.5) is 0 Å². The quantitative estimate of drug-likeness (QED) is 0.925. The molecule has 1 aromatic heterocycles. The average molecular weight is 274 g/mol. The lowest BCUT2D eigenvalue weighted by molar-refractivity contribution is 0.174. The van der Waals surface area contributed by atoms with Gasteiger partial charge in [0.1, 0.15) is 0 Å². The van der Waals surface area contributed by atoms with Gasteiger partial charge in [0.2, 0.25) is 0 Å². The maximum atomic E-state index is 5.65. The smallest absolute Gasteiger partial charge is 0.0346 e. The minimum atomic E-state index is 0.847. The van der Waals surface area contributed by atoms with Crippen molar-refractivity contribution in [2.75, 3.05) is 19.6 Å². The second-order valence-corrected chi connectivity index (χ2v) is 6.47. The van der Waals surface area contributed by atoms with Gasteiger partial charge in [-0.25, -0.2) is 0 Å². The summed E-state index contributed by atoms with van der Waals surface area (Å²) in [6.07, 6.45) is 3.84. The van der Waals surface area contributed by atoms with Crippen LogP contribution in [0.15, 0.2) is 29.6 Å². The lowest BCUT2D eigenvalue weighted by Gasteiger charge is -2.31. The SMILES string of the molecule is NCCC1CCN(Cc2csc3ccccc23)CC1.